The molecule has 106 valence electrons. The molecule has 1 aromatic carbocycles. The molecule has 1 fully saturated rings. The molecule has 0 spiro atoms. The van der Waals surface area contributed by atoms with Crippen LogP contribution in [-0.4, -0.2) is 37.5 Å². The molecule has 0 radical (unpaired) electrons. The summed E-state index contributed by atoms with van der Waals surface area (Å²) < 4.78 is 26.4. The maximum absolute atomic E-state index is 12.5. The number of piperidine rings is 1. The number of aliphatic hydroxyl groups is 1. The number of hydrogen-bond donors (Lipinski definition) is 2. The summed E-state index contributed by atoms with van der Waals surface area (Å²) in [7, 11) is -3.60. The second kappa shape index (κ2) is 5.66. The monoisotopic (exact) mass is 304 g/mol. The van der Waals surface area contributed by atoms with Crippen molar-refractivity contribution in [2.24, 2.45) is 5.92 Å². The molecule has 1 aliphatic heterocycles. The average Bonchev–Trinajstić information content (AvgIpc) is 2.41. The summed E-state index contributed by atoms with van der Waals surface area (Å²) in [6.45, 7) is 0.909. The van der Waals surface area contributed by atoms with Gasteiger partial charge in [-0.25, -0.2) is 8.42 Å². The molecule has 1 heterocycles. The molecule has 1 aliphatic rings. The molecule has 2 rings (SSSR count). The summed E-state index contributed by atoms with van der Waals surface area (Å²) in [4.78, 5) is 0.0578. The van der Waals surface area contributed by atoms with Gasteiger partial charge in [0.2, 0.25) is 10.0 Å². The fourth-order valence-electron chi connectivity index (χ4n) is 2.20. The van der Waals surface area contributed by atoms with Crippen molar-refractivity contribution in [3.05, 3.63) is 23.2 Å². The molecular formula is C12H17ClN2O3S. The van der Waals surface area contributed by atoms with Crippen LogP contribution in [0.5, 0.6) is 0 Å². The Labute approximate surface area is 118 Å². The molecule has 0 unspecified atom stereocenters. The average molecular weight is 305 g/mol. The lowest BCUT2D eigenvalue weighted by Crippen LogP contribution is -2.39. The van der Waals surface area contributed by atoms with Gasteiger partial charge >= 0.3 is 0 Å². The van der Waals surface area contributed by atoms with Crippen LogP contribution in [0.25, 0.3) is 0 Å². The second-order valence-corrected chi connectivity index (χ2v) is 7.05. The fourth-order valence-corrected chi connectivity index (χ4v) is 4.05. The van der Waals surface area contributed by atoms with E-state index in [1.165, 1.54) is 16.4 Å². The van der Waals surface area contributed by atoms with Crippen molar-refractivity contribution in [1.82, 2.24) is 4.31 Å². The van der Waals surface area contributed by atoms with Gasteiger partial charge in [-0.2, -0.15) is 4.31 Å². The van der Waals surface area contributed by atoms with Crippen molar-refractivity contribution in [2.45, 2.75) is 17.7 Å². The number of anilines is 1. The molecule has 0 atom stereocenters. The predicted octanol–water partition coefficient (Wildman–Crippen LogP) is 1.32. The van der Waals surface area contributed by atoms with Crippen molar-refractivity contribution in [3.8, 4) is 0 Å². The molecule has 0 aromatic heterocycles. The molecule has 1 aromatic rings. The Morgan fingerprint density at radius 1 is 1.37 bits per heavy atom. The van der Waals surface area contributed by atoms with Crippen LogP contribution in [0.1, 0.15) is 12.8 Å². The van der Waals surface area contributed by atoms with Gasteiger partial charge in [0.15, 0.2) is 0 Å². The Balaban J connectivity index is 2.26. The van der Waals surface area contributed by atoms with Crippen LogP contribution < -0.4 is 5.73 Å². The van der Waals surface area contributed by atoms with Gasteiger partial charge in [-0.1, -0.05) is 11.6 Å². The van der Waals surface area contributed by atoms with Crippen molar-refractivity contribution in [1.29, 1.82) is 0 Å². The van der Waals surface area contributed by atoms with Crippen LogP contribution in [0.3, 0.4) is 0 Å². The number of nitrogen functional groups attached to an aromatic ring is 1. The van der Waals surface area contributed by atoms with E-state index in [1.54, 1.807) is 6.07 Å². The number of nitrogens with two attached hydrogens (primary N) is 1. The molecule has 19 heavy (non-hydrogen) atoms. The van der Waals surface area contributed by atoms with Crippen molar-refractivity contribution >= 4 is 27.3 Å². The molecule has 0 saturated carbocycles. The Morgan fingerprint density at radius 2 is 2.00 bits per heavy atom. The van der Waals surface area contributed by atoms with Crippen LogP contribution in [-0.2, 0) is 10.0 Å². The standard InChI is InChI=1S/C12H17ClN2O3S/c13-10-1-2-11(14)12(7-10)19(17,18)15-5-3-9(8-16)4-6-15/h1-2,7,9,16H,3-6,8,14H2. The minimum atomic E-state index is -3.60. The van der Waals surface area contributed by atoms with Gasteiger partial charge in [0.1, 0.15) is 4.90 Å². The lowest BCUT2D eigenvalue weighted by atomic mass is 10.00. The van der Waals surface area contributed by atoms with Gasteiger partial charge in [-0.05, 0) is 37.0 Å². The first-order valence-electron chi connectivity index (χ1n) is 6.11. The lowest BCUT2D eigenvalue weighted by Gasteiger charge is -2.30. The smallest absolute Gasteiger partial charge is 0.245 e. The molecule has 5 nitrogen and oxygen atoms in total. The van der Waals surface area contributed by atoms with E-state index in [4.69, 9.17) is 22.4 Å². The highest BCUT2D eigenvalue weighted by Crippen LogP contribution is 2.28. The van der Waals surface area contributed by atoms with Crippen LogP contribution >= 0.6 is 11.6 Å². The van der Waals surface area contributed by atoms with Crippen molar-refractivity contribution < 1.29 is 13.5 Å². The minimum Gasteiger partial charge on any atom is -0.398 e. The van der Waals surface area contributed by atoms with E-state index in [9.17, 15) is 8.42 Å². The Morgan fingerprint density at radius 3 is 2.58 bits per heavy atom. The van der Waals surface area contributed by atoms with Gasteiger partial charge in [0.25, 0.3) is 0 Å². The molecule has 3 N–H and O–H groups in total. The van der Waals surface area contributed by atoms with Crippen LogP contribution in [0.15, 0.2) is 23.1 Å². The summed E-state index contributed by atoms with van der Waals surface area (Å²) in [5, 5.41) is 9.42. The van der Waals surface area contributed by atoms with Gasteiger partial charge in [-0.15, -0.1) is 0 Å². The van der Waals surface area contributed by atoms with Gasteiger partial charge < -0.3 is 10.8 Å². The highest BCUT2D eigenvalue weighted by Gasteiger charge is 2.30. The van der Waals surface area contributed by atoms with Crippen LogP contribution in [0.4, 0.5) is 5.69 Å². The summed E-state index contributed by atoms with van der Waals surface area (Å²) in [5.74, 6) is 0.183. The van der Waals surface area contributed by atoms with E-state index >= 15 is 0 Å². The van der Waals surface area contributed by atoms with E-state index in [0.717, 1.165) is 0 Å². The number of nitrogens with zero attached hydrogens (tertiary/aromatic N) is 1. The maximum Gasteiger partial charge on any atom is 0.245 e. The first-order chi connectivity index (χ1) is 8.95. The van der Waals surface area contributed by atoms with Gasteiger partial charge in [0.05, 0.1) is 5.69 Å². The largest absolute Gasteiger partial charge is 0.398 e. The second-order valence-electron chi connectivity index (χ2n) is 4.71. The number of sulfonamides is 1. The lowest BCUT2D eigenvalue weighted by molar-refractivity contribution is 0.170. The van der Waals surface area contributed by atoms with E-state index in [0.29, 0.717) is 31.0 Å². The number of benzene rings is 1. The Hall–Kier alpha value is -0.820. The fraction of sp³-hybridized carbons (Fsp3) is 0.500. The molecule has 0 bridgehead atoms. The Bertz CT molecular complexity index is 554. The van der Waals surface area contributed by atoms with Crippen molar-refractivity contribution in [2.75, 3.05) is 25.4 Å². The zero-order valence-corrected chi connectivity index (χ0v) is 12.0. The zero-order chi connectivity index (χ0) is 14.0. The normalized spacial score (nSPS) is 18.6. The van der Waals surface area contributed by atoms with E-state index in [-0.39, 0.29) is 23.1 Å². The maximum atomic E-state index is 12.5. The van der Waals surface area contributed by atoms with E-state index in [1.807, 2.05) is 0 Å². The number of halogens is 1. The quantitative estimate of drug-likeness (QED) is 0.825. The number of hydrogen-bond acceptors (Lipinski definition) is 4. The third-order valence-corrected chi connectivity index (χ3v) is 5.61. The summed E-state index contributed by atoms with van der Waals surface area (Å²) in [6, 6.07) is 4.44. The number of rotatable bonds is 3. The highest BCUT2D eigenvalue weighted by molar-refractivity contribution is 7.89. The third kappa shape index (κ3) is 3.02. The first-order valence-corrected chi connectivity index (χ1v) is 7.93. The van der Waals surface area contributed by atoms with Crippen LogP contribution in [0, 0.1) is 5.92 Å². The Kier molecular flexibility index (Phi) is 4.35. The summed E-state index contributed by atoms with van der Waals surface area (Å²) >= 11 is 5.84. The van der Waals surface area contributed by atoms with Gasteiger partial charge in [0, 0.05) is 24.7 Å². The zero-order valence-electron chi connectivity index (χ0n) is 10.4. The summed E-state index contributed by atoms with van der Waals surface area (Å²) in [6.07, 6.45) is 1.33. The molecule has 1 saturated heterocycles. The van der Waals surface area contributed by atoms with Crippen LogP contribution in [0.2, 0.25) is 5.02 Å². The highest BCUT2D eigenvalue weighted by atomic mass is 35.5. The third-order valence-electron chi connectivity index (χ3n) is 3.43. The molecule has 7 heteroatoms. The minimum absolute atomic E-state index is 0.0578. The first kappa shape index (κ1) is 14.6. The number of aliphatic hydroxyl groups excluding tert-OH is 1. The summed E-state index contributed by atoms with van der Waals surface area (Å²) in [5.41, 5.74) is 5.93. The molecule has 0 aliphatic carbocycles. The van der Waals surface area contributed by atoms with E-state index in [2.05, 4.69) is 0 Å². The topological polar surface area (TPSA) is 83.6 Å². The van der Waals surface area contributed by atoms with Crippen molar-refractivity contribution in [3.63, 3.8) is 0 Å². The van der Waals surface area contributed by atoms with Gasteiger partial charge in [-0.3, -0.25) is 0 Å². The SMILES string of the molecule is Nc1ccc(Cl)cc1S(=O)(=O)N1CCC(CO)CC1. The molecule has 0 amide bonds. The predicted molar refractivity (Wildman–Crippen MR) is 74.4 cm³/mol. The van der Waals surface area contributed by atoms with E-state index < -0.39 is 10.0 Å². The molecular weight excluding hydrogens is 288 g/mol.